The zero-order chi connectivity index (χ0) is 13.0. The first-order valence-corrected chi connectivity index (χ1v) is 7.05. The Morgan fingerprint density at radius 1 is 1.50 bits per heavy atom. The number of nitrogens with one attached hydrogen (secondary N) is 1. The molecule has 0 amide bonds. The topological polar surface area (TPSA) is 64.4 Å². The highest BCUT2D eigenvalue weighted by Crippen LogP contribution is 2.28. The molecule has 1 unspecified atom stereocenters. The number of ether oxygens (including phenoxy) is 1. The van der Waals surface area contributed by atoms with Gasteiger partial charge in [0, 0.05) is 15.7 Å². The number of hydrogen-bond donors (Lipinski definition) is 1. The van der Waals surface area contributed by atoms with Gasteiger partial charge in [-0.25, -0.2) is 0 Å². The van der Waals surface area contributed by atoms with Crippen molar-refractivity contribution in [1.82, 2.24) is 5.32 Å². The van der Waals surface area contributed by atoms with E-state index in [1.54, 1.807) is 6.07 Å². The molecule has 5 nitrogen and oxygen atoms in total. The highest BCUT2D eigenvalue weighted by atomic mass is 127. The second kappa shape index (κ2) is 6.33. The summed E-state index contributed by atoms with van der Waals surface area (Å²) in [5, 5.41) is 14.3. The minimum atomic E-state index is -0.397. The van der Waals surface area contributed by atoms with Crippen LogP contribution in [0.25, 0.3) is 0 Å². The highest BCUT2D eigenvalue weighted by Gasteiger charge is 2.18. The van der Waals surface area contributed by atoms with Gasteiger partial charge in [0.15, 0.2) is 5.75 Å². The largest absolute Gasteiger partial charge is 0.485 e. The fourth-order valence-corrected chi connectivity index (χ4v) is 2.49. The summed E-state index contributed by atoms with van der Waals surface area (Å²) in [4.78, 5) is 10.5. The molecule has 1 aromatic rings. The predicted octanol–water partition coefficient (Wildman–Crippen LogP) is 2.72. The van der Waals surface area contributed by atoms with Gasteiger partial charge in [0.05, 0.1) is 4.92 Å². The van der Waals surface area contributed by atoms with E-state index in [2.05, 4.69) is 27.9 Å². The summed E-state index contributed by atoms with van der Waals surface area (Å²) < 4.78 is 6.42. The lowest BCUT2D eigenvalue weighted by atomic mass is 10.1. The zero-order valence-electron chi connectivity index (χ0n) is 9.89. The third-order valence-electron chi connectivity index (χ3n) is 2.97. The first-order valence-electron chi connectivity index (χ1n) is 5.97. The van der Waals surface area contributed by atoms with E-state index in [0.717, 1.165) is 16.5 Å². The minimum Gasteiger partial charge on any atom is -0.485 e. The predicted molar refractivity (Wildman–Crippen MR) is 77.0 cm³/mol. The molecule has 98 valence electrons. The molecule has 0 saturated carbocycles. The number of nitrogens with zero attached hydrogens (tertiary/aromatic N) is 1. The van der Waals surface area contributed by atoms with Crippen LogP contribution < -0.4 is 10.1 Å². The van der Waals surface area contributed by atoms with Crippen molar-refractivity contribution in [1.29, 1.82) is 0 Å². The Bertz CT molecular complexity index is 433. The quantitative estimate of drug-likeness (QED) is 0.508. The number of benzene rings is 1. The van der Waals surface area contributed by atoms with Gasteiger partial charge in [-0.2, -0.15) is 0 Å². The molecule has 1 aliphatic heterocycles. The van der Waals surface area contributed by atoms with Gasteiger partial charge in [0.25, 0.3) is 0 Å². The molecule has 1 heterocycles. The summed E-state index contributed by atoms with van der Waals surface area (Å²) in [5.74, 6) is 0.354. The van der Waals surface area contributed by atoms with Crippen LogP contribution in [-0.4, -0.2) is 24.1 Å². The molecule has 0 radical (unpaired) electrons. The third-order valence-corrected chi connectivity index (χ3v) is 3.64. The maximum atomic E-state index is 10.9. The van der Waals surface area contributed by atoms with Gasteiger partial charge < -0.3 is 10.1 Å². The lowest BCUT2D eigenvalue weighted by molar-refractivity contribution is -0.386. The van der Waals surface area contributed by atoms with E-state index in [-0.39, 0.29) is 5.69 Å². The fraction of sp³-hybridized carbons (Fsp3) is 0.500. The molecule has 1 N–H and O–H groups in total. The second-order valence-electron chi connectivity index (χ2n) is 4.33. The van der Waals surface area contributed by atoms with Gasteiger partial charge in [-0.3, -0.25) is 10.1 Å². The van der Waals surface area contributed by atoms with Crippen LogP contribution in [0.5, 0.6) is 5.75 Å². The molecule has 1 fully saturated rings. The molecule has 1 atom stereocenters. The second-order valence-corrected chi connectivity index (χ2v) is 5.57. The van der Waals surface area contributed by atoms with Gasteiger partial charge in [-0.1, -0.05) is 6.42 Å². The van der Waals surface area contributed by atoms with Gasteiger partial charge in [0.2, 0.25) is 0 Å². The SMILES string of the molecule is O=[N+]([O-])c1cc(I)ccc1OCC1CCCCN1. The van der Waals surface area contributed by atoms with E-state index in [4.69, 9.17) is 4.74 Å². The van der Waals surface area contributed by atoms with E-state index in [1.165, 1.54) is 18.9 Å². The molecule has 0 aliphatic carbocycles. The molecule has 6 heteroatoms. The van der Waals surface area contributed by atoms with E-state index < -0.39 is 4.92 Å². The van der Waals surface area contributed by atoms with E-state index >= 15 is 0 Å². The molecular weight excluding hydrogens is 347 g/mol. The molecular formula is C12H15IN2O3. The zero-order valence-corrected chi connectivity index (χ0v) is 12.1. The Balaban J connectivity index is 2.01. The van der Waals surface area contributed by atoms with Crippen molar-refractivity contribution in [3.63, 3.8) is 0 Å². The highest BCUT2D eigenvalue weighted by molar-refractivity contribution is 14.1. The Hall–Kier alpha value is -0.890. The molecule has 18 heavy (non-hydrogen) atoms. The normalized spacial score (nSPS) is 19.5. The first kappa shape index (κ1) is 13.5. The summed E-state index contributed by atoms with van der Waals surface area (Å²) >= 11 is 2.05. The van der Waals surface area contributed by atoms with Gasteiger partial charge in [-0.15, -0.1) is 0 Å². The smallest absolute Gasteiger partial charge is 0.311 e. The third kappa shape index (κ3) is 3.55. The van der Waals surface area contributed by atoms with Crippen molar-refractivity contribution in [3.8, 4) is 5.75 Å². The summed E-state index contributed by atoms with van der Waals surface area (Å²) in [6.07, 6.45) is 3.45. The molecule has 1 aromatic carbocycles. The molecule has 2 rings (SSSR count). The van der Waals surface area contributed by atoms with Crippen molar-refractivity contribution >= 4 is 28.3 Å². The molecule has 0 aromatic heterocycles. The van der Waals surface area contributed by atoms with Crippen molar-refractivity contribution in [2.24, 2.45) is 0 Å². The van der Waals surface area contributed by atoms with Crippen molar-refractivity contribution in [2.75, 3.05) is 13.2 Å². The first-order chi connectivity index (χ1) is 8.66. The van der Waals surface area contributed by atoms with E-state index in [1.807, 2.05) is 6.07 Å². The summed E-state index contributed by atoms with van der Waals surface area (Å²) in [6.45, 7) is 1.49. The van der Waals surface area contributed by atoms with E-state index in [0.29, 0.717) is 18.4 Å². The van der Waals surface area contributed by atoms with Crippen molar-refractivity contribution < 1.29 is 9.66 Å². The number of halogens is 1. The average molecular weight is 362 g/mol. The Labute approximate surface area is 119 Å². The molecule has 0 bridgehead atoms. The number of hydrogen-bond acceptors (Lipinski definition) is 4. The molecule has 1 saturated heterocycles. The maximum absolute atomic E-state index is 10.9. The Morgan fingerprint density at radius 3 is 3.00 bits per heavy atom. The van der Waals surface area contributed by atoms with Crippen LogP contribution in [0.15, 0.2) is 18.2 Å². The van der Waals surface area contributed by atoms with Crippen molar-refractivity contribution in [3.05, 3.63) is 31.9 Å². The van der Waals surface area contributed by atoms with Crippen LogP contribution in [-0.2, 0) is 0 Å². The Morgan fingerprint density at radius 2 is 2.33 bits per heavy atom. The summed E-state index contributed by atoms with van der Waals surface area (Å²) in [7, 11) is 0. The van der Waals surface area contributed by atoms with Crippen LogP contribution in [0, 0.1) is 13.7 Å². The number of nitro benzene ring substituents is 1. The monoisotopic (exact) mass is 362 g/mol. The number of rotatable bonds is 4. The van der Waals surface area contributed by atoms with Crippen LogP contribution in [0.2, 0.25) is 0 Å². The number of nitro groups is 1. The van der Waals surface area contributed by atoms with Crippen LogP contribution in [0.3, 0.4) is 0 Å². The van der Waals surface area contributed by atoms with Crippen molar-refractivity contribution in [2.45, 2.75) is 25.3 Å². The van der Waals surface area contributed by atoms with Crippen LogP contribution >= 0.6 is 22.6 Å². The fourth-order valence-electron chi connectivity index (χ4n) is 2.01. The van der Waals surface area contributed by atoms with Crippen LogP contribution in [0.4, 0.5) is 5.69 Å². The molecule has 1 aliphatic rings. The lowest BCUT2D eigenvalue weighted by Gasteiger charge is -2.23. The van der Waals surface area contributed by atoms with Crippen LogP contribution in [0.1, 0.15) is 19.3 Å². The lowest BCUT2D eigenvalue weighted by Crippen LogP contribution is -2.38. The van der Waals surface area contributed by atoms with Gasteiger partial charge >= 0.3 is 5.69 Å². The van der Waals surface area contributed by atoms with E-state index in [9.17, 15) is 10.1 Å². The maximum Gasteiger partial charge on any atom is 0.311 e. The Kier molecular flexibility index (Phi) is 4.76. The standard InChI is InChI=1S/C12H15IN2O3/c13-9-4-5-12(11(7-9)15(16)17)18-8-10-3-1-2-6-14-10/h4-5,7,10,14H,1-3,6,8H2. The minimum absolute atomic E-state index is 0.0395. The molecule has 0 spiro atoms. The van der Waals surface area contributed by atoms with Gasteiger partial charge in [-0.05, 0) is 54.1 Å². The average Bonchev–Trinajstić information content (AvgIpc) is 2.38. The summed E-state index contributed by atoms with van der Waals surface area (Å²) in [5.41, 5.74) is 0.0395. The van der Waals surface area contributed by atoms with Gasteiger partial charge in [0.1, 0.15) is 6.61 Å². The summed E-state index contributed by atoms with van der Waals surface area (Å²) in [6, 6.07) is 5.32. The number of piperidine rings is 1.